The maximum atomic E-state index is 12.7. The zero-order chi connectivity index (χ0) is 18.0. The summed E-state index contributed by atoms with van der Waals surface area (Å²) < 4.78 is 32.1. The van der Waals surface area contributed by atoms with E-state index in [0.29, 0.717) is 31.2 Å². The van der Waals surface area contributed by atoms with Gasteiger partial charge in [0.05, 0.1) is 23.8 Å². The Morgan fingerprint density at radius 1 is 0.923 bits per heavy atom. The first-order chi connectivity index (χ1) is 12.6. The van der Waals surface area contributed by atoms with Crippen LogP contribution in [0.5, 0.6) is 0 Å². The first kappa shape index (κ1) is 17.4. The number of sulfonamides is 1. The molecule has 0 unspecified atom stereocenters. The van der Waals surface area contributed by atoms with Crippen molar-refractivity contribution in [3.05, 3.63) is 60.0 Å². The average Bonchev–Trinajstić information content (AvgIpc) is 3.20. The molecule has 1 aromatic heterocycles. The summed E-state index contributed by atoms with van der Waals surface area (Å²) in [7, 11) is -3.46. The number of hydrogen-bond acceptors (Lipinski definition) is 5. The fourth-order valence-electron chi connectivity index (χ4n) is 2.85. The van der Waals surface area contributed by atoms with Crippen molar-refractivity contribution >= 4 is 21.4 Å². The van der Waals surface area contributed by atoms with Crippen LogP contribution in [0, 0.1) is 0 Å². The SMILES string of the molecule is O=S(=O)(c1ccc(-c2csc(-c3ccccc3)n2)cc1)N1CCOCC1. The second-order valence-corrected chi connectivity index (χ2v) is 8.74. The highest BCUT2D eigenvalue weighted by atomic mass is 32.2. The van der Waals surface area contributed by atoms with Gasteiger partial charge < -0.3 is 4.74 Å². The van der Waals surface area contributed by atoms with Crippen molar-refractivity contribution < 1.29 is 13.2 Å². The second-order valence-electron chi connectivity index (χ2n) is 5.94. The largest absolute Gasteiger partial charge is 0.379 e. The lowest BCUT2D eigenvalue weighted by atomic mass is 10.2. The molecule has 0 amide bonds. The van der Waals surface area contributed by atoms with Gasteiger partial charge in [-0.2, -0.15) is 4.31 Å². The highest BCUT2D eigenvalue weighted by Crippen LogP contribution is 2.29. The Kier molecular flexibility index (Phi) is 4.86. The van der Waals surface area contributed by atoms with Crippen LogP contribution in [0.4, 0.5) is 0 Å². The minimum atomic E-state index is -3.46. The van der Waals surface area contributed by atoms with E-state index in [1.807, 2.05) is 47.8 Å². The predicted molar refractivity (Wildman–Crippen MR) is 103 cm³/mol. The van der Waals surface area contributed by atoms with Gasteiger partial charge >= 0.3 is 0 Å². The molecule has 1 fully saturated rings. The van der Waals surface area contributed by atoms with Crippen LogP contribution in [0.15, 0.2) is 64.9 Å². The lowest BCUT2D eigenvalue weighted by molar-refractivity contribution is 0.0730. The number of thiazole rings is 1. The van der Waals surface area contributed by atoms with Gasteiger partial charge in [-0.3, -0.25) is 0 Å². The van der Waals surface area contributed by atoms with Gasteiger partial charge in [0, 0.05) is 29.6 Å². The molecule has 3 aromatic rings. The van der Waals surface area contributed by atoms with Crippen molar-refractivity contribution in [1.82, 2.24) is 9.29 Å². The van der Waals surface area contributed by atoms with Crippen molar-refractivity contribution in [3.8, 4) is 21.8 Å². The van der Waals surface area contributed by atoms with Gasteiger partial charge in [0.1, 0.15) is 5.01 Å². The van der Waals surface area contributed by atoms with Crippen LogP contribution in [0.1, 0.15) is 0 Å². The van der Waals surface area contributed by atoms with E-state index < -0.39 is 10.0 Å². The molecule has 0 saturated carbocycles. The highest BCUT2D eigenvalue weighted by Gasteiger charge is 2.26. The monoisotopic (exact) mass is 386 g/mol. The fraction of sp³-hybridized carbons (Fsp3) is 0.211. The van der Waals surface area contributed by atoms with Crippen molar-refractivity contribution in [2.45, 2.75) is 4.90 Å². The number of benzene rings is 2. The molecule has 5 nitrogen and oxygen atoms in total. The normalized spacial score (nSPS) is 15.8. The van der Waals surface area contributed by atoms with Gasteiger partial charge in [0.25, 0.3) is 0 Å². The molecule has 1 saturated heterocycles. The minimum absolute atomic E-state index is 0.307. The summed E-state index contributed by atoms with van der Waals surface area (Å²) in [6.07, 6.45) is 0. The summed E-state index contributed by atoms with van der Waals surface area (Å²) >= 11 is 1.58. The van der Waals surface area contributed by atoms with Crippen molar-refractivity contribution in [2.75, 3.05) is 26.3 Å². The molecule has 0 N–H and O–H groups in total. The predicted octanol–water partition coefficient (Wildman–Crippen LogP) is 3.50. The Labute approximate surface area is 156 Å². The molecular formula is C19H18N2O3S2. The molecule has 2 aromatic carbocycles. The smallest absolute Gasteiger partial charge is 0.243 e. The molecular weight excluding hydrogens is 368 g/mol. The van der Waals surface area contributed by atoms with E-state index in [9.17, 15) is 8.42 Å². The van der Waals surface area contributed by atoms with Crippen LogP contribution >= 0.6 is 11.3 Å². The summed E-state index contributed by atoms with van der Waals surface area (Å²) in [6, 6.07) is 17.0. The lowest BCUT2D eigenvalue weighted by Gasteiger charge is -2.26. The third kappa shape index (κ3) is 3.43. The van der Waals surface area contributed by atoms with E-state index in [1.165, 1.54) is 4.31 Å². The molecule has 0 bridgehead atoms. The van der Waals surface area contributed by atoms with Gasteiger partial charge in [0.15, 0.2) is 0 Å². The minimum Gasteiger partial charge on any atom is -0.379 e. The van der Waals surface area contributed by atoms with Gasteiger partial charge in [-0.25, -0.2) is 13.4 Å². The van der Waals surface area contributed by atoms with E-state index in [4.69, 9.17) is 4.74 Å². The van der Waals surface area contributed by atoms with Gasteiger partial charge in [0.2, 0.25) is 10.0 Å². The summed E-state index contributed by atoms with van der Waals surface area (Å²) in [6.45, 7) is 1.68. The molecule has 0 spiro atoms. The van der Waals surface area contributed by atoms with E-state index in [-0.39, 0.29) is 0 Å². The van der Waals surface area contributed by atoms with Crippen LogP contribution < -0.4 is 0 Å². The van der Waals surface area contributed by atoms with Crippen molar-refractivity contribution in [2.24, 2.45) is 0 Å². The van der Waals surface area contributed by atoms with E-state index in [2.05, 4.69) is 4.98 Å². The lowest BCUT2D eigenvalue weighted by Crippen LogP contribution is -2.40. The Balaban J connectivity index is 1.57. The molecule has 134 valence electrons. The van der Waals surface area contributed by atoms with Crippen LogP contribution in [0.25, 0.3) is 21.8 Å². The third-order valence-corrected chi connectivity index (χ3v) is 7.09. The fourth-order valence-corrected chi connectivity index (χ4v) is 5.10. The topological polar surface area (TPSA) is 59.5 Å². The third-order valence-electron chi connectivity index (χ3n) is 4.28. The summed E-state index contributed by atoms with van der Waals surface area (Å²) in [5.74, 6) is 0. The van der Waals surface area contributed by atoms with Gasteiger partial charge in [-0.1, -0.05) is 42.5 Å². The van der Waals surface area contributed by atoms with Crippen LogP contribution in [-0.4, -0.2) is 44.0 Å². The molecule has 1 aliphatic heterocycles. The number of rotatable bonds is 4. The molecule has 0 radical (unpaired) electrons. The second kappa shape index (κ2) is 7.28. The van der Waals surface area contributed by atoms with Crippen molar-refractivity contribution in [3.63, 3.8) is 0 Å². The number of nitrogens with zero attached hydrogens (tertiary/aromatic N) is 2. The zero-order valence-electron chi connectivity index (χ0n) is 14.0. The molecule has 0 atom stereocenters. The van der Waals surface area contributed by atoms with E-state index >= 15 is 0 Å². The molecule has 0 aliphatic carbocycles. The van der Waals surface area contributed by atoms with Crippen LogP contribution in [0.3, 0.4) is 0 Å². The molecule has 7 heteroatoms. The average molecular weight is 386 g/mol. The Bertz CT molecular complexity index is 977. The summed E-state index contributed by atoms with van der Waals surface area (Å²) in [5, 5.41) is 2.94. The summed E-state index contributed by atoms with van der Waals surface area (Å²) in [5.41, 5.74) is 2.84. The molecule has 4 rings (SSSR count). The maximum Gasteiger partial charge on any atom is 0.243 e. The van der Waals surface area contributed by atoms with Crippen LogP contribution in [0.2, 0.25) is 0 Å². The van der Waals surface area contributed by atoms with Crippen molar-refractivity contribution in [1.29, 1.82) is 0 Å². The number of ether oxygens (including phenoxy) is 1. The van der Waals surface area contributed by atoms with E-state index in [0.717, 1.165) is 21.8 Å². The molecule has 1 aliphatic rings. The van der Waals surface area contributed by atoms with E-state index in [1.54, 1.807) is 23.5 Å². The van der Waals surface area contributed by atoms with Gasteiger partial charge in [-0.05, 0) is 12.1 Å². The Hall–Kier alpha value is -2.06. The van der Waals surface area contributed by atoms with Gasteiger partial charge in [-0.15, -0.1) is 11.3 Å². The number of aromatic nitrogens is 1. The first-order valence-electron chi connectivity index (χ1n) is 8.34. The Morgan fingerprint density at radius 3 is 2.31 bits per heavy atom. The first-order valence-corrected chi connectivity index (χ1v) is 10.7. The molecule has 26 heavy (non-hydrogen) atoms. The Morgan fingerprint density at radius 2 is 1.62 bits per heavy atom. The summed E-state index contributed by atoms with van der Waals surface area (Å²) in [4.78, 5) is 4.98. The zero-order valence-corrected chi connectivity index (χ0v) is 15.7. The number of hydrogen-bond donors (Lipinski definition) is 0. The molecule has 2 heterocycles. The van der Waals surface area contributed by atoms with Crippen LogP contribution in [-0.2, 0) is 14.8 Å². The highest BCUT2D eigenvalue weighted by molar-refractivity contribution is 7.89. The quantitative estimate of drug-likeness (QED) is 0.689. The maximum absolute atomic E-state index is 12.7. The number of morpholine rings is 1. The standard InChI is InChI=1S/C19H18N2O3S2/c22-26(23,21-10-12-24-13-11-21)17-8-6-15(7-9-17)18-14-25-19(20-18)16-4-2-1-3-5-16/h1-9,14H,10-13H2.